The first kappa shape index (κ1) is 25.7. The summed E-state index contributed by atoms with van der Waals surface area (Å²) < 4.78 is 11.6. The fourth-order valence-electron chi connectivity index (χ4n) is 3.58. The van der Waals surface area contributed by atoms with Crippen LogP contribution in [0.15, 0.2) is 18.2 Å². The van der Waals surface area contributed by atoms with Crippen molar-refractivity contribution in [2.45, 2.75) is 117 Å². The van der Waals surface area contributed by atoms with E-state index in [-0.39, 0.29) is 5.75 Å². The molecule has 0 spiro atoms. The first-order valence-corrected chi connectivity index (χ1v) is 12.4. The van der Waals surface area contributed by atoms with Crippen molar-refractivity contribution in [1.82, 2.24) is 0 Å². The molecule has 1 aromatic carbocycles. The lowest BCUT2D eigenvalue weighted by molar-refractivity contribution is 0.287. The van der Waals surface area contributed by atoms with E-state index in [1.807, 2.05) is 6.07 Å². The van der Waals surface area contributed by atoms with Gasteiger partial charge in [-0.25, -0.2) is 0 Å². The van der Waals surface area contributed by atoms with Crippen LogP contribution in [0, 0.1) is 0 Å². The summed E-state index contributed by atoms with van der Waals surface area (Å²) in [5, 5.41) is 9.92. The number of hydrogen-bond donors (Lipinski definition) is 1. The molecular weight excluding hydrogens is 360 g/mol. The summed E-state index contributed by atoms with van der Waals surface area (Å²) >= 11 is 0. The van der Waals surface area contributed by atoms with E-state index >= 15 is 0 Å². The number of aromatic hydroxyl groups is 1. The lowest BCUT2D eigenvalue weighted by Gasteiger charge is -2.11. The highest BCUT2D eigenvalue weighted by Crippen LogP contribution is 2.27. The van der Waals surface area contributed by atoms with Gasteiger partial charge in [-0.2, -0.15) is 0 Å². The minimum atomic E-state index is 0.212. The Labute approximate surface area is 180 Å². The minimum Gasteiger partial charge on any atom is -0.508 e. The Bertz CT molecular complexity index is 447. The van der Waals surface area contributed by atoms with Crippen molar-refractivity contribution in [3.05, 3.63) is 18.2 Å². The lowest BCUT2D eigenvalue weighted by atomic mass is 10.1. The van der Waals surface area contributed by atoms with E-state index in [1.165, 1.54) is 89.9 Å². The second-order valence-electron chi connectivity index (χ2n) is 8.31. The number of ether oxygens (including phenoxy) is 2. The molecule has 3 nitrogen and oxygen atoms in total. The second-order valence-corrected chi connectivity index (χ2v) is 8.31. The van der Waals surface area contributed by atoms with Crippen LogP contribution in [0.3, 0.4) is 0 Å². The van der Waals surface area contributed by atoms with Crippen molar-refractivity contribution in [1.29, 1.82) is 0 Å². The Kier molecular flexibility index (Phi) is 16.5. The van der Waals surface area contributed by atoms with Crippen LogP contribution < -0.4 is 9.47 Å². The molecule has 29 heavy (non-hydrogen) atoms. The Morgan fingerprint density at radius 2 is 0.862 bits per heavy atom. The SMILES string of the molecule is CCCCCCCCCCOc1cc(O)cc(OCCCCCCCCCC)c1. The van der Waals surface area contributed by atoms with Crippen molar-refractivity contribution in [3.8, 4) is 17.2 Å². The largest absolute Gasteiger partial charge is 0.508 e. The first-order valence-electron chi connectivity index (χ1n) is 12.4. The third kappa shape index (κ3) is 15.2. The van der Waals surface area contributed by atoms with Crippen LogP contribution in [0.25, 0.3) is 0 Å². The predicted molar refractivity (Wildman–Crippen MR) is 124 cm³/mol. The maximum atomic E-state index is 9.92. The average Bonchev–Trinajstić information content (AvgIpc) is 2.71. The standard InChI is InChI=1S/C26H46O3/c1-3-5-7-9-11-13-15-17-19-28-25-21-24(27)22-26(23-25)29-20-18-16-14-12-10-8-6-4-2/h21-23,27H,3-20H2,1-2H3. The number of benzene rings is 1. The molecule has 0 unspecified atom stereocenters. The molecular formula is C26H46O3. The van der Waals surface area contributed by atoms with Crippen LogP contribution in [0.1, 0.15) is 117 Å². The molecule has 0 amide bonds. The van der Waals surface area contributed by atoms with E-state index in [0.717, 1.165) is 12.8 Å². The first-order chi connectivity index (χ1) is 14.3. The lowest BCUT2D eigenvalue weighted by Crippen LogP contribution is -2.00. The summed E-state index contributed by atoms with van der Waals surface area (Å²) in [5.41, 5.74) is 0. The summed E-state index contributed by atoms with van der Waals surface area (Å²) in [6, 6.07) is 5.25. The average molecular weight is 407 g/mol. The minimum absolute atomic E-state index is 0.212. The summed E-state index contributed by atoms with van der Waals surface area (Å²) in [6.45, 7) is 5.92. The van der Waals surface area contributed by atoms with Gasteiger partial charge in [-0.15, -0.1) is 0 Å². The number of phenols is 1. The molecule has 0 aliphatic carbocycles. The maximum absolute atomic E-state index is 9.92. The number of unbranched alkanes of at least 4 members (excludes halogenated alkanes) is 14. The van der Waals surface area contributed by atoms with Crippen LogP contribution in [0.4, 0.5) is 0 Å². The van der Waals surface area contributed by atoms with Gasteiger partial charge >= 0.3 is 0 Å². The van der Waals surface area contributed by atoms with Gasteiger partial charge in [-0.3, -0.25) is 0 Å². The van der Waals surface area contributed by atoms with Crippen LogP contribution >= 0.6 is 0 Å². The fourth-order valence-corrected chi connectivity index (χ4v) is 3.58. The van der Waals surface area contributed by atoms with Gasteiger partial charge in [-0.1, -0.05) is 104 Å². The molecule has 0 bridgehead atoms. The Balaban J connectivity index is 2.09. The molecule has 0 saturated heterocycles. The predicted octanol–water partition coefficient (Wildman–Crippen LogP) is 8.43. The molecule has 0 saturated carbocycles. The van der Waals surface area contributed by atoms with Gasteiger partial charge in [0.25, 0.3) is 0 Å². The zero-order chi connectivity index (χ0) is 21.0. The van der Waals surface area contributed by atoms with E-state index in [2.05, 4.69) is 13.8 Å². The summed E-state index contributed by atoms with van der Waals surface area (Å²) in [4.78, 5) is 0. The quantitative estimate of drug-likeness (QED) is 0.221. The van der Waals surface area contributed by atoms with Gasteiger partial charge in [0.1, 0.15) is 17.2 Å². The molecule has 168 valence electrons. The third-order valence-electron chi connectivity index (χ3n) is 5.40. The van der Waals surface area contributed by atoms with Gasteiger partial charge in [0, 0.05) is 18.2 Å². The Morgan fingerprint density at radius 1 is 0.517 bits per heavy atom. The zero-order valence-electron chi connectivity index (χ0n) is 19.2. The summed E-state index contributed by atoms with van der Waals surface area (Å²) in [5.74, 6) is 1.63. The van der Waals surface area contributed by atoms with Gasteiger partial charge in [0.15, 0.2) is 0 Å². The van der Waals surface area contributed by atoms with Crippen molar-refractivity contribution >= 4 is 0 Å². The molecule has 0 aromatic heterocycles. The van der Waals surface area contributed by atoms with E-state index in [1.54, 1.807) is 12.1 Å². The molecule has 3 heteroatoms. The van der Waals surface area contributed by atoms with Crippen molar-refractivity contribution < 1.29 is 14.6 Å². The fraction of sp³-hybridized carbons (Fsp3) is 0.769. The van der Waals surface area contributed by atoms with E-state index in [9.17, 15) is 5.11 Å². The van der Waals surface area contributed by atoms with Crippen molar-refractivity contribution in [2.75, 3.05) is 13.2 Å². The smallest absolute Gasteiger partial charge is 0.126 e. The molecule has 1 rings (SSSR count). The Morgan fingerprint density at radius 3 is 1.24 bits per heavy atom. The highest BCUT2D eigenvalue weighted by molar-refractivity contribution is 5.41. The molecule has 0 heterocycles. The maximum Gasteiger partial charge on any atom is 0.126 e. The third-order valence-corrected chi connectivity index (χ3v) is 5.40. The van der Waals surface area contributed by atoms with Gasteiger partial charge in [0.2, 0.25) is 0 Å². The summed E-state index contributed by atoms with van der Waals surface area (Å²) in [7, 11) is 0. The summed E-state index contributed by atoms with van der Waals surface area (Å²) in [6.07, 6.45) is 20.6. The number of hydrogen-bond acceptors (Lipinski definition) is 3. The topological polar surface area (TPSA) is 38.7 Å². The second kappa shape index (κ2) is 18.6. The number of rotatable bonds is 20. The van der Waals surface area contributed by atoms with Crippen LogP contribution in [-0.2, 0) is 0 Å². The molecule has 0 fully saturated rings. The van der Waals surface area contributed by atoms with E-state index < -0.39 is 0 Å². The molecule has 0 aliphatic rings. The van der Waals surface area contributed by atoms with E-state index in [0.29, 0.717) is 24.7 Å². The molecule has 0 atom stereocenters. The van der Waals surface area contributed by atoms with Crippen molar-refractivity contribution in [3.63, 3.8) is 0 Å². The van der Waals surface area contributed by atoms with Gasteiger partial charge in [-0.05, 0) is 12.8 Å². The molecule has 1 aromatic rings. The Hall–Kier alpha value is -1.38. The van der Waals surface area contributed by atoms with E-state index in [4.69, 9.17) is 9.47 Å². The molecule has 0 radical (unpaired) electrons. The molecule has 1 N–H and O–H groups in total. The van der Waals surface area contributed by atoms with Gasteiger partial charge < -0.3 is 14.6 Å². The number of phenolic OH excluding ortho intramolecular Hbond substituents is 1. The highest BCUT2D eigenvalue weighted by atomic mass is 16.5. The van der Waals surface area contributed by atoms with Crippen LogP contribution in [0.5, 0.6) is 17.2 Å². The van der Waals surface area contributed by atoms with Crippen LogP contribution in [-0.4, -0.2) is 18.3 Å². The zero-order valence-corrected chi connectivity index (χ0v) is 19.2. The van der Waals surface area contributed by atoms with Crippen molar-refractivity contribution in [2.24, 2.45) is 0 Å². The van der Waals surface area contributed by atoms with Crippen LogP contribution in [0.2, 0.25) is 0 Å². The highest BCUT2D eigenvalue weighted by Gasteiger charge is 2.03. The monoisotopic (exact) mass is 406 g/mol. The normalized spacial score (nSPS) is 11.0. The molecule has 0 aliphatic heterocycles. The van der Waals surface area contributed by atoms with Gasteiger partial charge in [0.05, 0.1) is 13.2 Å².